The molecule has 0 aliphatic carbocycles. The van der Waals surface area contributed by atoms with E-state index in [1.807, 2.05) is 0 Å². The van der Waals surface area contributed by atoms with E-state index in [0.29, 0.717) is 18.2 Å². The summed E-state index contributed by atoms with van der Waals surface area (Å²) in [5.74, 6) is 0.146. The van der Waals surface area contributed by atoms with Crippen LogP contribution in [0.1, 0.15) is 19.8 Å². The lowest BCUT2D eigenvalue weighted by Crippen LogP contribution is -2.46. The van der Waals surface area contributed by atoms with Crippen LogP contribution in [0.15, 0.2) is 0 Å². The maximum atomic E-state index is 11.3. The van der Waals surface area contributed by atoms with Gasteiger partial charge in [0.1, 0.15) is 0 Å². The largest absolute Gasteiger partial charge is 0.350 e. The summed E-state index contributed by atoms with van der Waals surface area (Å²) in [7, 11) is -2.94. The number of nitrogens with one attached hydrogen (secondary N) is 1. The Morgan fingerprint density at radius 1 is 1.57 bits per heavy atom. The molecule has 0 aromatic heterocycles. The Morgan fingerprint density at radius 3 is 2.64 bits per heavy atom. The Balaban J connectivity index is 2.57. The van der Waals surface area contributed by atoms with E-state index < -0.39 is 15.4 Å². The Morgan fingerprint density at radius 2 is 2.21 bits per heavy atom. The zero-order valence-electron chi connectivity index (χ0n) is 8.05. The Labute approximate surface area is 92.5 Å². The van der Waals surface area contributed by atoms with Gasteiger partial charge in [-0.15, -0.1) is 0 Å². The quantitative estimate of drug-likeness (QED) is 0.766. The van der Waals surface area contributed by atoms with Crippen LogP contribution in [-0.4, -0.2) is 36.7 Å². The molecule has 82 valence electrons. The van der Waals surface area contributed by atoms with Crippen LogP contribution in [0, 0.1) is 0 Å². The van der Waals surface area contributed by atoms with E-state index >= 15 is 0 Å². The first kappa shape index (κ1) is 12.0. The number of hydrogen-bond acceptors (Lipinski definition) is 3. The highest BCUT2D eigenvalue weighted by molar-refractivity contribution is 9.09. The van der Waals surface area contributed by atoms with E-state index in [-0.39, 0.29) is 17.4 Å². The van der Waals surface area contributed by atoms with E-state index in [1.165, 1.54) is 0 Å². The van der Waals surface area contributed by atoms with Crippen molar-refractivity contribution in [3.05, 3.63) is 0 Å². The average Bonchev–Trinajstić information content (AvgIpc) is 2.25. The van der Waals surface area contributed by atoms with Crippen molar-refractivity contribution >= 4 is 31.7 Å². The summed E-state index contributed by atoms with van der Waals surface area (Å²) in [6.45, 7) is 1.78. The lowest BCUT2D eigenvalue weighted by atomic mass is 10.0. The monoisotopic (exact) mass is 283 g/mol. The molecule has 0 aromatic carbocycles. The Hall–Kier alpha value is -0.100. The highest BCUT2D eigenvalue weighted by atomic mass is 79.9. The maximum absolute atomic E-state index is 11.3. The summed E-state index contributed by atoms with van der Waals surface area (Å²) in [4.78, 5) is 11.3. The molecule has 1 aliphatic rings. The van der Waals surface area contributed by atoms with E-state index in [0.717, 1.165) is 0 Å². The summed E-state index contributed by atoms with van der Waals surface area (Å²) in [6, 6.07) is 0. The van der Waals surface area contributed by atoms with Crippen LogP contribution in [0.4, 0.5) is 0 Å². The van der Waals surface area contributed by atoms with Gasteiger partial charge in [0.25, 0.3) is 0 Å². The lowest BCUT2D eigenvalue weighted by Gasteiger charge is -2.23. The number of sulfone groups is 1. The zero-order chi connectivity index (χ0) is 10.8. The third kappa shape index (κ3) is 3.24. The van der Waals surface area contributed by atoms with Crippen molar-refractivity contribution in [1.29, 1.82) is 0 Å². The van der Waals surface area contributed by atoms with Crippen molar-refractivity contribution in [2.24, 2.45) is 0 Å². The van der Waals surface area contributed by atoms with Gasteiger partial charge in [0.05, 0.1) is 17.0 Å². The Kier molecular flexibility index (Phi) is 3.58. The molecule has 0 spiro atoms. The van der Waals surface area contributed by atoms with Gasteiger partial charge >= 0.3 is 0 Å². The van der Waals surface area contributed by atoms with Crippen LogP contribution in [0.25, 0.3) is 0 Å². The first-order valence-corrected chi connectivity index (χ1v) is 7.39. The van der Waals surface area contributed by atoms with Crippen molar-refractivity contribution in [2.45, 2.75) is 25.3 Å². The minimum Gasteiger partial charge on any atom is -0.350 e. The van der Waals surface area contributed by atoms with Crippen LogP contribution in [0.2, 0.25) is 0 Å². The van der Waals surface area contributed by atoms with Gasteiger partial charge in [0.2, 0.25) is 5.91 Å². The minimum atomic E-state index is -2.94. The molecule has 14 heavy (non-hydrogen) atoms. The molecule has 0 saturated carbocycles. The Bertz CT molecular complexity index is 327. The third-order valence-corrected chi connectivity index (χ3v) is 4.57. The molecule has 1 aliphatic heterocycles. The molecule has 1 unspecified atom stereocenters. The molecule has 1 N–H and O–H groups in total. The molecule has 0 aromatic rings. The van der Waals surface area contributed by atoms with Crippen molar-refractivity contribution < 1.29 is 13.2 Å². The molecule has 6 heteroatoms. The highest BCUT2D eigenvalue weighted by Crippen LogP contribution is 2.22. The fourth-order valence-corrected chi connectivity index (χ4v) is 4.05. The molecule has 1 saturated heterocycles. The summed E-state index contributed by atoms with van der Waals surface area (Å²) < 4.78 is 22.4. The third-order valence-electron chi connectivity index (χ3n) is 2.27. The molecule has 0 radical (unpaired) electrons. The summed E-state index contributed by atoms with van der Waals surface area (Å²) in [6.07, 6.45) is 0.902. The smallest absolute Gasteiger partial charge is 0.221 e. The molecule has 1 atom stereocenters. The van der Waals surface area contributed by atoms with Gasteiger partial charge in [-0.25, -0.2) is 8.42 Å². The van der Waals surface area contributed by atoms with Gasteiger partial charge in [0.15, 0.2) is 9.84 Å². The van der Waals surface area contributed by atoms with Gasteiger partial charge in [0, 0.05) is 11.8 Å². The number of halogens is 1. The standard InChI is InChI=1S/C8H14BrNO3S/c1-8(10-7(11)2-4-9)3-5-14(12,13)6-8/h2-6H2,1H3,(H,10,11). The maximum Gasteiger partial charge on any atom is 0.221 e. The van der Waals surface area contributed by atoms with E-state index in [4.69, 9.17) is 0 Å². The lowest BCUT2D eigenvalue weighted by molar-refractivity contribution is -0.122. The van der Waals surface area contributed by atoms with E-state index in [1.54, 1.807) is 6.92 Å². The van der Waals surface area contributed by atoms with Crippen molar-refractivity contribution in [1.82, 2.24) is 5.32 Å². The van der Waals surface area contributed by atoms with Gasteiger partial charge in [-0.1, -0.05) is 15.9 Å². The van der Waals surface area contributed by atoms with Gasteiger partial charge < -0.3 is 5.32 Å². The number of amides is 1. The topological polar surface area (TPSA) is 63.2 Å². The normalized spacial score (nSPS) is 30.1. The SMILES string of the molecule is CC1(NC(=O)CCBr)CCS(=O)(=O)C1. The molecule has 1 fully saturated rings. The van der Waals surface area contributed by atoms with Crippen LogP contribution in [0.5, 0.6) is 0 Å². The van der Waals surface area contributed by atoms with Crippen LogP contribution in [0.3, 0.4) is 0 Å². The van der Waals surface area contributed by atoms with Crippen LogP contribution < -0.4 is 5.32 Å². The second-order valence-corrected chi connectivity index (χ2v) is 6.87. The van der Waals surface area contributed by atoms with Crippen LogP contribution >= 0.6 is 15.9 Å². The van der Waals surface area contributed by atoms with Crippen LogP contribution in [-0.2, 0) is 14.6 Å². The molecule has 1 amide bonds. The average molecular weight is 284 g/mol. The molecular formula is C8H14BrNO3S. The van der Waals surface area contributed by atoms with Gasteiger partial charge in [-0.2, -0.15) is 0 Å². The van der Waals surface area contributed by atoms with Gasteiger partial charge in [-0.05, 0) is 13.3 Å². The molecular weight excluding hydrogens is 270 g/mol. The highest BCUT2D eigenvalue weighted by Gasteiger charge is 2.39. The molecule has 0 bridgehead atoms. The summed E-state index contributed by atoms with van der Waals surface area (Å²) in [5, 5.41) is 3.36. The molecule has 4 nitrogen and oxygen atoms in total. The van der Waals surface area contributed by atoms with Crippen molar-refractivity contribution in [3.8, 4) is 0 Å². The van der Waals surface area contributed by atoms with E-state index in [9.17, 15) is 13.2 Å². The van der Waals surface area contributed by atoms with Crippen molar-refractivity contribution in [2.75, 3.05) is 16.8 Å². The predicted octanol–water partition coefficient (Wildman–Crippen LogP) is 0.465. The summed E-state index contributed by atoms with van der Waals surface area (Å²) in [5.41, 5.74) is -0.557. The first-order valence-electron chi connectivity index (χ1n) is 4.44. The van der Waals surface area contributed by atoms with E-state index in [2.05, 4.69) is 21.2 Å². The second kappa shape index (κ2) is 4.18. The second-order valence-electron chi connectivity index (χ2n) is 3.89. The van der Waals surface area contributed by atoms with Gasteiger partial charge in [-0.3, -0.25) is 4.79 Å². The number of carbonyl (C=O) groups is 1. The fourth-order valence-electron chi connectivity index (χ4n) is 1.59. The number of carbonyl (C=O) groups excluding carboxylic acids is 1. The minimum absolute atomic E-state index is 0.0635. The van der Waals surface area contributed by atoms with Crippen molar-refractivity contribution in [3.63, 3.8) is 0 Å². The summed E-state index contributed by atoms with van der Waals surface area (Å²) >= 11 is 3.16. The number of hydrogen-bond donors (Lipinski definition) is 1. The molecule has 1 rings (SSSR count). The first-order chi connectivity index (χ1) is 6.37. The fraction of sp³-hybridized carbons (Fsp3) is 0.875. The molecule has 1 heterocycles. The number of alkyl halides is 1. The zero-order valence-corrected chi connectivity index (χ0v) is 10.4. The predicted molar refractivity (Wildman–Crippen MR) is 58.2 cm³/mol. The number of rotatable bonds is 3.